The third kappa shape index (κ3) is 3.00. The predicted molar refractivity (Wildman–Crippen MR) is 62.8 cm³/mol. The Morgan fingerprint density at radius 1 is 1.50 bits per heavy atom. The van der Waals surface area contributed by atoms with Crippen molar-refractivity contribution in [3.63, 3.8) is 0 Å². The van der Waals surface area contributed by atoms with Gasteiger partial charge >= 0.3 is 0 Å². The molecule has 0 atom stereocenters. The minimum absolute atomic E-state index is 0.570. The van der Waals surface area contributed by atoms with E-state index in [9.17, 15) is 0 Å². The van der Waals surface area contributed by atoms with Crippen LogP contribution in [0.2, 0.25) is 0 Å². The molecule has 0 spiro atoms. The first kappa shape index (κ1) is 11.0. The van der Waals surface area contributed by atoms with E-state index in [0.717, 1.165) is 18.6 Å². The van der Waals surface area contributed by atoms with Crippen molar-refractivity contribution in [1.82, 2.24) is 0 Å². The number of ether oxygens (including phenoxy) is 1. The quantitative estimate of drug-likeness (QED) is 0.772. The molecule has 2 nitrogen and oxygen atoms in total. The second kappa shape index (κ2) is 4.96. The minimum Gasteiger partial charge on any atom is -0.497 e. The van der Waals surface area contributed by atoms with Gasteiger partial charge in [-0.15, -0.1) is 0 Å². The summed E-state index contributed by atoms with van der Waals surface area (Å²) < 4.78 is 5.13. The Morgan fingerprint density at radius 3 is 2.71 bits per heavy atom. The average Bonchev–Trinajstić information content (AvgIpc) is 2.15. The number of hydrogen-bond acceptors (Lipinski definition) is 2. The van der Waals surface area contributed by atoms with Crippen molar-refractivity contribution < 1.29 is 4.74 Å². The molecule has 1 aromatic carbocycles. The van der Waals surface area contributed by atoms with Crippen LogP contribution < -0.4 is 10.5 Å². The van der Waals surface area contributed by atoms with Crippen LogP contribution >= 0.6 is 12.2 Å². The largest absolute Gasteiger partial charge is 0.497 e. The number of methoxy groups -OCH3 is 1. The van der Waals surface area contributed by atoms with Crippen LogP contribution in [0.25, 0.3) is 0 Å². The van der Waals surface area contributed by atoms with E-state index in [2.05, 4.69) is 13.0 Å². The zero-order chi connectivity index (χ0) is 10.6. The average molecular weight is 209 g/mol. The molecule has 0 aromatic heterocycles. The Morgan fingerprint density at radius 2 is 2.21 bits per heavy atom. The number of hydrogen-bond donors (Lipinski definition) is 1. The Kier molecular flexibility index (Phi) is 3.89. The molecule has 1 rings (SSSR count). The fourth-order valence-corrected chi connectivity index (χ4v) is 1.44. The normalized spacial score (nSPS) is 9.86. The van der Waals surface area contributed by atoms with Crippen LogP contribution in [-0.4, -0.2) is 12.1 Å². The molecule has 0 aliphatic heterocycles. The topological polar surface area (TPSA) is 35.2 Å². The SMILES string of the molecule is COc1ccc(CCC(N)=S)c(C)c1. The third-order valence-corrected chi connectivity index (χ3v) is 2.39. The summed E-state index contributed by atoms with van der Waals surface area (Å²) in [5.41, 5.74) is 7.95. The van der Waals surface area contributed by atoms with Gasteiger partial charge in [-0.05, 0) is 36.6 Å². The fourth-order valence-electron chi connectivity index (χ4n) is 1.33. The highest BCUT2D eigenvalue weighted by Gasteiger charge is 2.00. The first-order chi connectivity index (χ1) is 6.63. The monoisotopic (exact) mass is 209 g/mol. The number of benzene rings is 1. The van der Waals surface area contributed by atoms with Crippen molar-refractivity contribution >= 4 is 17.2 Å². The van der Waals surface area contributed by atoms with E-state index in [4.69, 9.17) is 22.7 Å². The third-order valence-electron chi connectivity index (χ3n) is 2.19. The zero-order valence-electron chi connectivity index (χ0n) is 8.54. The van der Waals surface area contributed by atoms with Gasteiger partial charge in [0.25, 0.3) is 0 Å². The molecule has 0 aliphatic carbocycles. The van der Waals surface area contributed by atoms with Gasteiger partial charge in [0.05, 0.1) is 12.1 Å². The summed E-state index contributed by atoms with van der Waals surface area (Å²) in [5, 5.41) is 0. The molecule has 1 aromatic rings. The van der Waals surface area contributed by atoms with Gasteiger partial charge in [-0.25, -0.2) is 0 Å². The van der Waals surface area contributed by atoms with E-state index < -0.39 is 0 Å². The molecular formula is C11H15NOS. The first-order valence-corrected chi connectivity index (χ1v) is 4.96. The zero-order valence-corrected chi connectivity index (χ0v) is 9.36. The second-order valence-corrected chi connectivity index (χ2v) is 3.78. The molecule has 0 radical (unpaired) electrons. The van der Waals surface area contributed by atoms with Crippen molar-refractivity contribution in [1.29, 1.82) is 0 Å². The Labute approximate surface area is 90.1 Å². The van der Waals surface area contributed by atoms with Gasteiger partial charge in [0, 0.05) is 6.42 Å². The first-order valence-electron chi connectivity index (χ1n) is 4.55. The summed E-state index contributed by atoms with van der Waals surface area (Å²) in [4.78, 5) is 0.570. The van der Waals surface area contributed by atoms with Gasteiger partial charge in [0.2, 0.25) is 0 Å². The number of nitrogens with two attached hydrogens (primary N) is 1. The van der Waals surface area contributed by atoms with Crippen molar-refractivity contribution in [2.24, 2.45) is 5.73 Å². The highest BCUT2D eigenvalue weighted by Crippen LogP contribution is 2.17. The van der Waals surface area contributed by atoms with Crippen LogP contribution in [-0.2, 0) is 6.42 Å². The lowest BCUT2D eigenvalue weighted by Gasteiger charge is -2.07. The number of rotatable bonds is 4. The van der Waals surface area contributed by atoms with Crippen LogP contribution in [0.4, 0.5) is 0 Å². The van der Waals surface area contributed by atoms with Crippen molar-refractivity contribution in [3.8, 4) is 5.75 Å². The Hall–Kier alpha value is -1.09. The fraction of sp³-hybridized carbons (Fsp3) is 0.364. The molecule has 0 unspecified atom stereocenters. The summed E-state index contributed by atoms with van der Waals surface area (Å²) in [6, 6.07) is 6.04. The van der Waals surface area contributed by atoms with Crippen molar-refractivity contribution in [3.05, 3.63) is 29.3 Å². The summed E-state index contributed by atoms with van der Waals surface area (Å²) >= 11 is 4.84. The van der Waals surface area contributed by atoms with Crippen molar-refractivity contribution in [2.75, 3.05) is 7.11 Å². The standard InChI is InChI=1S/C11H15NOS/c1-8-7-10(13-2)5-3-9(8)4-6-11(12)14/h3,5,7H,4,6H2,1-2H3,(H2,12,14). The molecular weight excluding hydrogens is 194 g/mol. The maximum Gasteiger partial charge on any atom is 0.119 e. The summed E-state index contributed by atoms with van der Waals surface area (Å²) in [5.74, 6) is 0.890. The molecule has 0 fully saturated rings. The lowest BCUT2D eigenvalue weighted by molar-refractivity contribution is 0.414. The summed E-state index contributed by atoms with van der Waals surface area (Å²) in [6.07, 6.45) is 1.67. The van der Waals surface area contributed by atoms with Gasteiger partial charge in [-0.2, -0.15) is 0 Å². The van der Waals surface area contributed by atoms with Gasteiger partial charge in [-0.1, -0.05) is 18.3 Å². The minimum atomic E-state index is 0.570. The molecule has 0 amide bonds. The van der Waals surface area contributed by atoms with E-state index in [1.165, 1.54) is 11.1 Å². The van der Waals surface area contributed by atoms with Crippen LogP contribution in [0.1, 0.15) is 17.5 Å². The maximum atomic E-state index is 5.45. The molecule has 3 heteroatoms. The summed E-state index contributed by atoms with van der Waals surface area (Å²) in [7, 11) is 1.67. The van der Waals surface area contributed by atoms with Crippen molar-refractivity contribution in [2.45, 2.75) is 19.8 Å². The lowest BCUT2D eigenvalue weighted by Crippen LogP contribution is -2.08. The highest BCUT2D eigenvalue weighted by atomic mass is 32.1. The molecule has 0 saturated heterocycles. The van der Waals surface area contributed by atoms with Gasteiger partial charge in [0.1, 0.15) is 5.75 Å². The molecule has 0 aliphatic rings. The van der Waals surface area contributed by atoms with E-state index >= 15 is 0 Å². The van der Waals surface area contributed by atoms with Gasteiger partial charge < -0.3 is 10.5 Å². The molecule has 2 N–H and O–H groups in total. The highest BCUT2D eigenvalue weighted by molar-refractivity contribution is 7.80. The van der Waals surface area contributed by atoms with Crippen LogP contribution in [0.5, 0.6) is 5.75 Å². The van der Waals surface area contributed by atoms with Gasteiger partial charge in [-0.3, -0.25) is 0 Å². The number of thiocarbonyl (C=S) groups is 1. The van der Waals surface area contributed by atoms with E-state index in [0.29, 0.717) is 4.99 Å². The van der Waals surface area contributed by atoms with Crippen LogP contribution in [0.3, 0.4) is 0 Å². The molecule has 0 bridgehead atoms. The second-order valence-electron chi connectivity index (χ2n) is 3.26. The smallest absolute Gasteiger partial charge is 0.119 e. The van der Waals surface area contributed by atoms with E-state index in [1.807, 2.05) is 12.1 Å². The lowest BCUT2D eigenvalue weighted by atomic mass is 10.0. The number of aryl methyl sites for hydroxylation is 2. The predicted octanol–water partition coefficient (Wildman–Crippen LogP) is 2.22. The molecule has 0 heterocycles. The van der Waals surface area contributed by atoms with Crippen LogP contribution in [0.15, 0.2) is 18.2 Å². The Balaban J connectivity index is 2.73. The molecule has 14 heavy (non-hydrogen) atoms. The van der Waals surface area contributed by atoms with Gasteiger partial charge in [0.15, 0.2) is 0 Å². The molecule has 0 saturated carbocycles. The maximum absolute atomic E-state index is 5.45. The van der Waals surface area contributed by atoms with E-state index in [-0.39, 0.29) is 0 Å². The van der Waals surface area contributed by atoms with E-state index in [1.54, 1.807) is 7.11 Å². The molecule has 76 valence electrons. The van der Waals surface area contributed by atoms with Crippen LogP contribution in [0, 0.1) is 6.92 Å². The Bertz CT molecular complexity index is 336. The summed E-state index contributed by atoms with van der Waals surface area (Å²) in [6.45, 7) is 2.07.